The number of halogens is 1. The van der Waals surface area contributed by atoms with Gasteiger partial charge in [-0.3, -0.25) is 4.68 Å². The Balaban J connectivity index is 1.91. The molecule has 0 saturated heterocycles. The van der Waals surface area contributed by atoms with E-state index in [0.717, 1.165) is 42.0 Å². The normalized spacial score (nSPS) is 11.4. The molecule has 1 N–H and O–H groups in total. The van der Waals surface area contributed by atoms with Crippen molar-refractivity contribution >= 4 is 30.0 Å². The van der Waals surface area contributed by atoms with E-state index in [4.69, 9.17) is 28.6 Å². The first-order chi connectivity index (χ1) is 13.5. The van der Waals surface area contributed by atoms with Gasteiger partial charge in [-0.15, -0.1) is 0 Å². The molecule has 0 fully saturated rings. The van der Waals surface area contributed by atoms with Crippen molar-refractivity contribution in [2.75, 3.05) is 6.61 Å². The highest BCUT2D eigenvalue weighted by atomic mass is 35.5. The summed E-state index contributed by atoms with van der Waals surface area (Å²) in [6.07, 6.45) is 3.77. The lowest BCUT2D eigenvalue weighted by Gasteiger charge is -2.04. The second kappa shape index (κ2) is 9.16. The van der Waals surface area contributed by atoms with Gasteiger partial charge in [-0.25, -0.2) is 5.10 Å². The number of hydrogen-bond donors (Lipinski definition) is 1. The minimum atomic E-state index is 0.396. The summed E-state index contributed by atoms with van der Waals surface area (Å²) >= 11 is 11.8. The van der Waals surface area contributed by atoms with E-state index in [9.17, 15) is 0 Å². The van der Waals surface area contributed by atoms with Gasteiger partial charge in [-0.05, 0) is 56.8 Å². The Labute approximate surface area is 174 Å². The van der Waals surface area contributed by atoms with Gasteiger partial charge in [0.25, 0.3) is 0 Å². The van der Waals surface area contributed by atoms with Crippen molar-refractivity contribution in [3.05, 3.63) is 45.4 Å². The van der Waals surface area contributed by atoms with Gasteiger partial charge in [0.05, 0.1) is 24.1 Å². The van der Waals surface area contributed by atoms with E-state index in [-0.39, 0.29) is 0 Å². The van der Waals surface area contributed by atoms with Crippen molar-refractivity contribution in [1.82, 2.24) is 24.7 Å². The topological polar surface area (TPSA) is 73.0 Å². The van der Waals surface area contributed by atoms with Gasteiger partial charge in [0.2, 0.25) is 4.77 Å². The highest BCUT2D eigenvalue weighted by Crippen LogP contribution is 2.22. The summed E-state index contributed by atoms with van der Waals surface area (Å²) in [6, 6.07) is 7.62. The van der Waals surface area contributed by atoms with Crippen LogP contribution >= 0.6 is 23.8 Å². The third-order valence-electron chi connectivity index (χ3n) is 4.21. The zero-order chi connectivity index (χ0) is 20.1. The summed E-state index contributed by atoms with van der Waals surface area (Å²) < 4.78 is 9.26. The third kappa shape index (κ3) is 4.34. The fourth-order valence-corrected chi connectivity index (χ4v) is 3.22. The van der Waals surface area contributed by atoms with Crippen molar-refractivity contribution in [2.45, 2.75) is 40.2 Å². The van der Waals surface area contributed by atoms with Gasteiger partial charge in [-0.1, -0.05) is 24.9 Å². The summed E-state index contributed by atoms with van der Waals surface area (Å²) in [5.41, 5.74) is 2.47. The zero-order valence-corrected chi connectivity index (χ0v) is 17.7. The first-order valence-corrected chi connectivity index (χ1v) is 10.0. The fraction of sp³-hybridized carbons (Fsp3) is 0.368. The molecule has 0 unspecified atom stereocenters. The molecule has 1 aromatic carbocycles. The summed E-state index contributed by atoms with van der Waals surface area (Å²) in [5, 5.41) is 16.7. The number of aryl methyl sites for hydroxylation is 2. The molecule has 148 valence electrons. The molecule has 0 aliphatic heterocycles. The largest absolute Gasteiger partial charge is 0.494 e. The molecule has 9 heteroatoms. The predicted molar refractivity (Wildman–Crippen MR) is 114 cm³/mol. The number of hydrogen-bond acceptors (Lipinski definition) is 5. The van der Waals surface area contributed by atoms with Crippen LogP contribution in [0.3, 0.4) is 0 Å². The van der Waals surface area contributed by atoms with Crippen LogP contribution in [0.15, 0.2) is 29.4 Å². The van der Waals surface area contributed by atoms with Gasteiger partial charge >= 0.3 is 0 Å². The number of rotatable bonds is 8. The molecule has 3 aromatic rings. The fourth-order valence-electron chi connectivity index (χ4n) is 2.74. The molecule has 0 atom stereocenters. The van der Waals surface area contributed by atoms with Crippen molar-refractivity contribution in [3.8, 4) is 17.1 Å². The molecule has 0 aliphatic rings. The van der Waals surface area contributed by atoms with Gasteiger partial charge in [0.15, 0.2) is 5.82 Å². The van der Waals surface area contributed by atoms with E-state index in [0.29, 0.717) is 22.4 Å². The molecule has 3 rings (SSSR count). The summed E-state index contributed by atoms with van der Waals surface area (Å²) in [7, 11) is 0. The minimum Gasteiger partial charge on any atom is -0.494 e. The summed E-state index contributed by atoms with van der Waals surface area (Å²) in [5.74, 6) is 1.41. The van der Waals surface area contributed by atoms with E-state index in [2.05, 4.69) is 27.3 Å². The van der Waals surface area contributed by atoms with Crippen LogP contribution in [0.2, 0.25) is 5.15 Å². The highest BCUT2D eigenvalue weighted by Gasteiger charge is 2.13. The van der Waals surface area contributed by atoms with Crippen molar-refractivity contribution in [2.24, 2.45) is 5.10 Å². The molecular weight excluding hydrogens is 396 g/mol. The average molecular weight is 419 g/mol. The number of nitrogens with zero attached hydrogens (tertiary/aromatic N) is 5. The first kappa shape index (κ1) is 20.3. The number of nitrogens with one attached hydrogen (secondary N) is 1. The van der Waals surface area contributed by atoms with E-state index < -0.39 is 0 Å². The molecule has 0 spiro atoms. The van der Waals surface area contributed by atoms with E-state index >= 15 is 0 Å². The summed E-state index contributed by atoms with van der Waals surface area (Å²) in [4.78, 5) is 0. The number of H-pyrrole nitrogens is 1. The lowest BCUT2D eigenvalue weighted by Crippen LogP contribution is -2.00. The molecule has 0 saturated carbocycles. The maximum absolute atomic E-state index is 6.49. The lowest BCUT2D eigenvalue weighted by molar-refractivity contribution is 0.340. The van der Waals surface area contributed by atoms with Crippen LogP contribution in [0.25, 0.3) is 11.4 Å². The predicted octanol–water partition coefficient (Wildman–Crippen LogP) is 4.85. The van der Waals surface area contributed by atoms with Crippen LogP contribution in [0.4, 0.5) is 0 Å². The van der Waals surface area contributed by atoms with Crippen molar-refractivity contribution in [1.29, 1.82) is 0 Å². The van der Waals surface area contributed by atoms with Gasteiger partial charge in [0, 0.05) is 12.1 Å². The molecule has 0 aliphatic carbocycles. The number of ether oxygens (including phenoxy) is 1. The Morgan fingerprint density at radius 2 is 2.04 bits per heavy atom. The molecule has 2 heterocycles. The zero-order valence-electron chi connectivity index (χ0n) is 16.1. The maximum Gasteiger partial charge on any atom is 0.216 e. The quantitative estimate of drug-likeness (QED) is 0.419. The Hall–Kier alpha value is -2.45. The van der Waals surface area contributed by atoms with E-state index in [1.165, 1.54) is 0 Å². The first-order valence-electron chi connectivity index (χ1n) is 9.23. The van der Waals surface area contributed by atoms with Crippen LogP contribution in [-0.4, -0.2) is 37.5 Å². The SMILES string of the molecule is CCCCn1nc(C)c(/C=N\n2c(-c3ccc(OCC)cc3)n[nH]c2=S)c1Cl. The maximum atomic E-state index is 6.49. The Kier molecular flexibility index (Phi) is 6.64. The van der Waals surface area contributed by atoms with Crippen LogP contribution in [0.1, 0.15) is 37.9 Å². The molecule has 0 radical (unpaired) electrons. The van der Waals surface area contributed by atoms with Crippen molar-refractivity contribution < 1.29 is 4.74 Å². The Morgan fingerprint density at radius 3 is 2.71 bits per heavy atom. The number of aromatic amines is 1. The second-order valence-corrected chi connectivity index (χ2v) is 6.98. The smallest absolute Gasteiger partial charge is 0.216 e. The molecule has 7 nitrogen and oxygen atoms in total. The Morgan fingerprint density at radius 1 is 1.29 bits per heavy atom. The number of benzene rings is 1. The molecular formula is C19H23ClN6OS. The molecule has 0 bridgehead atoms. The van der Waals surface area contributed by atoms with Crippen LogP contribution < -0.4 is 4.74 Å². The number of unbranched alkanes of at least 4 members (excludes halogenated alkanes) is 1. The van der Waals surface area contributed by atoms with E-state index in [1.807, 2.05) is 42.8 Å². The highest BCUT2D eigenvalue weighted by molar-refractivity contribution is 7.71. The van der Waals surface area contributed by atoms with Gasteiger partial charge < -0.3 is 4.74 Å². The Bertz CT molecular complexity index is 1020. The monoisotopic (exact) mass is 418 g/mol. The molecule has 2 aromatic heterocycles. The van der Waals surface area contributed by atoms with Gasteiger partial charge in [-0.2, -0.15) is 20.0 Å². The standard InChI is InChI=1S/C19H23ClN6OS/c1-4-6-11-25-17(20)16(13(3)24-25)12-21-26-18(22-23-19(26)28)14-7-9-15(10-8-14)27-5-2/h7-10,12H,4-6,11H2,1-3H3,(H,23,28)/b21-12-. The van der Waals surface area contributed by atoms with Crippen LogP contribution in [-0.2, 0) is 6.54 Å². The van der Waals surface area contributed by atoms with Crippen LogP contribution in [0.5, 0.6) is 5.75 Å². The average Bonchev–Trinajstić information content (AvgIpc) is 3.18. The molecule has 0 amide bonds. The third-order valence-corrected chi connectivity index (χ3v) is 4.87. The van der Waals surface area contributed by atoms with Crippen LogP contribution in [0, 0.1) is 11.7 Å². The second-order valence-electron chi connectivity index (χ2n) is 6.23. The van der Waals surface area contributed by atoms with Gasteiger partial charge in [0.1, 0.15) is 10.9 Å². The van der Waals surface area contributed by atoms with Crippen molar-refractivity contribution in [3.63, 3.8) is 0 Å². The van der Waals surface area contributed by atoms with E-state index in [1.54, 1.807) is 10.9 Å². The molecule has 28 heavy (non-hydrogen) atoms. The number of aromatic nitrogens is 5. The summed E-state index contributed by atoms with van der Waals surface area (Å²) in [6.45, 7) is 7.40. The minimum absolute atomic E-state index is 0.396. The lowest BCUT2D eigenvalue weighted by atomic mass is 10.2.